The van der Waals surface area contributed by atoms with Crippen LogP contribution in [0, 0.1) is 22.0 Å². The molecule has 0 aromatic heterocycles. The minimum Gasteiger partial charge on any atom is -0.392 e. The van der Waals surface area contributed by atoms with E-state index in [0.29, 0.717) is 17.7 Å². The molecule has 198 valence electrons. The van der Waals surface area contributed by atoms with Gasteiger partial charge in [-0.3, -0.25) is 24.6 Å². The Morgan fingerprint density at radius 1 is 1.22 bits per heavy atom. The summed E-state index contributed by atoms with van der Waals surface area (Å²) in [7, 11) is 3.43. The van der Waals surface area contributed by atoms with Crippen molar-refractivity contribution in [3.63, 3.8) is 0 Å². The summed E-state index contributed by atoms with van der Waals surface area (Å²) in [6.07, 6.45) is 1.49. The number of carbonyl (C=O) groups excluding carboxylic acids is 4. The van der Waals surface area contributed by atoms with Crippen LogP contribution in [-0.4, -0.2) is 74.6 Å². The Morgan fingerprint density at radius 3 is 2.43 bits per heavy atom. The molecule has 0 unspecified atom stereocenters. The molecule has 1 N–H and O–H groups in total. The van der Waals surface area contributed by atoms with E-state index in [-0.39, 0.29) is 34.0 Å². The van der Waals surface area contributed by atoms with Crippen LogP contribution >= 0.6 is 11.8 Å². The van der Waals surface area contributed by atoms with Gasteiger partial charge in [-0.1, -0.05) is 0 Å². The zero-order valence-corrected chi connectivity index (χ0v) is 21.8. The van der Waals surface area contributed by atoms with Gasteiger partial charge < -0.3 is 14.7 Å². The molecule has 1 aromatic rings. The van der Waals surface area contributed by atoms with Crippen molar-refractivity contribution in [2.24, 2.45) is 11.8 Å². The average molecular weight is 532 g/mol. The second kappa shape index (κ2) is 9.90. The molecule has 1 aromatic carbocycles. The average Bonchev–Trinajstić information content (AvgIpc) is 3.38. The fourth-order valence-corrected chi connectivity index (χ4v) is 7.24. The molecule has 11 nitrogen and oxygen atoms in total. The van der Waals surface area contributed by atoms with Gasteiger partial charge in [-0.25, -0.2) is 9.59 Å². The number of hydrogen-bond donors (Lipinski definition) is 1. The molecule has 4 rings (SSSR count). The number of rotatable bonds is 7. The van der Waals surface area contributed by atoms with E-state index in [0.717, 1.165) is 25.0 Å². The predicted octanol–water partition coefficient (Wildman–Crippen LogP) is 2.48. The van der Waals surface area contributed by atoms with Gasteiger partial charge in [-0.15, -0.1) is 11.8 Å². The number of fused-ring (bicyclic) bond motifs is 1. The van der Waals surface area contributed by atoms with Gasteiger partial charge in [0.25, 0.3) is 5.69 Å². The molecule has 2 fully saturated rings. The highest BCUT2D eigenvalue weighted by atomic mass is 32.2. The molecule has 3 aliphatic rings. The number of thioether (sulfide) groups is 1. The zero-order chi connectivity index (χ0) is 27.2. The van der Waals surface area contributed by atoms with Crippen molar-refractivity contribution in [3.8, 4) is 0 Å². The topological polar surface area (TPSA) is 147 Å². The number of ether oxygens (including phenoxy) is 1. The van der Waals surface area contributed by atoms with E-state index in [1.807, 2.05) is 0 Å². The van der Waals surface area contributed by atoms with Gasteiger partial charge in [0, 0.05) is 48.7 Å². The number of non-ortho nitro benzene ring substituents is 1. The number of nitro benzene ring substituents is 1. The Kier molecular flexibility index (Phi) is 7.17. The highest BCUT2D eigenvalue weighted by Gasteiger charge is 2.65. The molecular weight excluding hydrogens is 502 g/mol. The number of esters is 2. The Morgan fingerprint density at radius 2 is 1.86 bits per heavy atom. The Bertz CT molecular complexity index is 1190. The van der Waals surface area contributed by atoms with Crippen molar-refractivity contribution in [3.05, 3.63) is 50.5 Å². The van der Waals surface area contributed by atoms with Crippen molar-refractivity contribution < 1.29 is 33.9 Å². The fraction of sp³-hybridized carbons (Fsp3) is 0.520. The standard InChI is InChI=1S/C25H29N3O8S/c1-13(29)19-22(31)27-20(24(33)36-23(32)14-5-8-16(9-6-14)28(34)35)18(12-25(19,27)2)37-17-10-7-15(11-17)21(30)26(3)4/h5-6,8-9,13,15,17,19,29H,7,10-12H2,1-4H3/t13-,15+,17-,19+,25-/m1/s1. The van der Waals surface area contributed by atoms with Crippen LogP contribution in [0.4, 0.5) is 5.69 Å². The van der Waals surface area contributed by atoms with E-state index in [4.69, 9.17) is 4.74 Å². The second-order valence-electron chi connectivity index (χ2n) is 10.2. The van der Waals surface area contributed by atoms with Crippen molar-refractivity contribution in [2.75, 3.05) is 14.1 Å². The monoisotopic (exact) mass is 531 g/mol. The van der Waals surface area contributed by atoms with Gasteiger partial charge in [-0.2, -0.15) is 0 Å². The van der Waals surface area contributed by atoms with Crippen LogP contribution in [-0.2, 0) is 19.1 Å². The molecule has 1 saturated carbocycles. The normalized spacial score (nSPS) is 27.4. The Balaban J connectivity index is 1.57. The first kappa shape index (κ1) is 26.8. The molecular formula is C25H29N3O8S. The van der Waals surface area contributed by atoms with Crippen molar-refractivity contribution >= 4 is 41.2 Å². The Hall–Kier alpha value is -3.25. The molecule has 0 radical (unpaired) electrons. The van der Waals surface area contributed by atoms with Crippen LogP contribution in [0.3, 0.4) is 0 Å². The Labute approximate surface area is 218 Å². The molecule has 2 heterocycles. The maximum Gasteiger partial charge on any atom is 0.363 e. The number of aliphatic hydroxyl groups is 1. The SMILES string of the molecule is C[C@@H](O)[C@H]1C(=O)N2C(C(=O)OC(=O)c3ccc([N+](=O)[O-])cc3)=C(S[C@@H]3CC[C@H](C(=O)N(C)C)C3)C[C@]12C. The third kappa shape index (κ3) is 4.75. The van der Waals surface area contributed by atoms with E-state index in [1.165, 1.54) is 35.7 Å². The van der Waals surface area contributed by atoms with Gasteiger partial charge in [0.05, 0.1) is 28.0 Å². The summed E-state index contributed by atoms with van der Waals surface area (Å²) in [5, 5.41) is 21.1. The maximum atomic E-state index is 13.3. The predicted molar refractivity (Wildman–Crippen MR) is 133 cm³/mol. The molecule has 0 spiro atoms. The molecule has 5 atom stereocenters. The van der Waals surface area contributed by atoms with Crippen molar-refractivity contribution in [1.82, 2.24) is 9.80 Å². The van der Waals surface area contributed by atoms with Gasteiger partial charge in [-0.05, 0) is 45.2 Å². The molecule has 12 heteroatoms. The molecule has 1 saturated heterocycles. The van der Waals surface area contributed by atoms with Crippen LogP contribution in [0.5, 0.6) is 0 Å². The van der Waals surface area contributed by atoms with Crippen LogP contribution < -0.4 is 0 Å². The molecule has 2 amide bonds. The first-order valence-corrected chi connectivity index (χ1v) is 12.9. The summed E-state index contributed by atoms with van der Waals surface area (Å²) >= 11 is 1.42. The minimum absolute atomic E-state index is 0.0213. The molecule has 37 heavy (non-hydrogen) atoms. The summed E-state index contributed by atoms with van der Waals surface area (Å²) in [4.78, 5) is 65.0. The number of aliphatic hydroxyl groups excluding tert-OH is 1. The number of amides is 2. The fourth-order valence-electron chi connectivity index (χ4n) is 5.59. The second-order valence-corrected chi connectivity index (χ2v) is 11.6. The third-order valence-electron chi connectivity index (χ3n) is 7.33. The number of hydrogen-bond acceptors (Lipinski definition) is 9. The van der Waals surface area contributed by atoms with Crippen LogP contribution in [0.2, 0.25) is 0 Å². The smallest absolute Gasteiger partial charge is 0.363 e. The summed E-state index contributed by atoms with van der Waals surface area (Å²) < 4.78 is 5.11. The van der Waals surface area contributed by atoms with Gasteiger partial charge in [0.1, 0.15) is 5.70 Å². The summed E-state index contributed by atoms with van der Waals surface area (Å²) in [6.45, 7) is 3.32. The number of benzene rings is 1. The summed E-state index contributed by atoms with van der Waals surface area (Å²) in [6, 6.07) is 4.64. The van der Waals surface area contributed by atoms with E-state index in [1.54, 1.807) is 25.9 Å². The molecule has 2 aliphatic heterocycles. The lowest BCUT2D eigenvalue weighted by Crippen LogP contribution is -2.69. The van der Waals surface area contributed by atoms with Crippen molar-refractivity contribution in [2.45, 2.75) is 56.4 Å². The number of β-lactam (4-membered cyclic amide) rings is 1. The first-order chi connectivity index (χ1) is 17.3. The number of nitrogens with zero attached hydrogens (tertiary/aromatic N) is 3. The molecule has 0 bridgehead atoms. The summed E-state index contributed by atoms with van der Waals surface area (Å²) in [5.74, 6) is -3.18. The number of carbonyl (C=O) groups is 4. The molecule has 1 aliphatic carbocycles. The van der Waals surface area contributed by atoms with Gasteiger partial charge in [0.15, 0.2) is 0 Å². The first-order valence-electron chi connectivity index (χ1n) is 12.0. The summed E-state index contributed by atoms with van der Waals surface area (Å²) in [5.41, 5.74) is -1.12. The van der Waals surface area contributed by atoms with Crippen LogP contribution in [0.15, 0.2) is 34.9 Å². The van der Waals surface area contributed by atoms with Gasteiger partial charge >= 0.3 is 11.9 Å². The lowest BCUT2D eigenvalue weighted by Gasteiger charge is -2.53. The van der Waals surface area contributed by atoms with E-state index in [2.05, 4.69) is 0 Å². The van der Waals surface area contributed by atoms with E-state index in [9.17, 15) is 34.4 Å². The lowest BCUT2D eigenvalue weighted by molar-refractivity contribution is -0.384. The maximum absolute atomic E-state index is 13.3. The van der Waals surface area contributed by atoms with Gasteiger partial charge in [0.2, 0.25) is 11.8 Å². The van der Waals surface area contributed by atoms with Crippen molar-refractivity contribution in [1.29, 1.82) is 0 Å². The lowest BCUT2D eigenvalue weighted by atomic mass is 9.71. The highest BCUT2D eigenvalue weighted by molar-refractivity contribution is 8.03. The van der Waals surface area contributed by atoms with E-state index >= 15 is 0 Å². The zero-order valence-electron chi connectivity index (χ0n) is 21.0. The largest absolute Gasteiger partial charge is 0.392 e. The van der Waals surface area contributed by atoms with Crippen LogP contribution in [0.25, 0.3) is 0 Å². The minimum atomic E-state index is -0.997. The van der Waals surface area contributed by atoms with Crippen LogP contribution in [0.1, 0.15) is 49.9 Å². The quantitative estimate of drug-likeness (QED) is 0.184. The van der Waals surface area contributed by atoms with E-state index < -0.39 is 40.3 Å². The number of nitro groups is 1. The third-order valence-corrected chi connectivity index (χ3v) is 8.72. The highest BCUT2D eigenvalue weighted by Crippen LogP contribution is 2.56.